The van der Waals surface area contributed by atoms with E-state index in [0.717, 1.165) is 26.1 Å². The number of ether oxygens (including phenoxy) is 3. The van der Waals surface area contributed by atoms with E-state index in [2.05, 4.69) is 5.32 Å². The van der Waals surface area contributed by atoms with Crippen molar-refractivity contribution in [3.05, 3.63) is 0 Å². The fourth-order valence-corrected chi connectivity index (χ4v) is 1.30. The topological polar surface area (TPSA) is 39.7 Å². The van der Waals surface area contributed by atoms with E-state index in [1.807, 2.05) is 27.7 Å². The van der Waals surface area contributed by atoms with Gasteiger partial charge in [0.15, 0.2) is 6.29 Å². The van der Waals surface area contributed by atoms with Crippen LogP contribution in [0.1, 0.15) is 34.1 Å². The molecule has 98 valence electrons. The van der Waals surface area contributed by atoms with E-state index in [9.17, 15) is 0 Å². The van der Waals surface area contributed by atoms with Gasteiger partial charge in [0.05, 0.1) is 12.7 Å². The van der Waals surface area contributed by atoms with Crippen molar-refractivity contribution in [3.8, 4) is 0 Å². The minimum atomic E-state index is -0.0754. The molecule has 4 nitrogen and oxygen atoms in total. The van der Waals surface area contributed by atoms with Crippen LogP contribution in [0.25, 0.3) is 0 Å². The Balaban J connectivity index is 3.32. The zero-order chi connectivity index (χ0) is 12.2. The van der Waals surface area contributed by atoms with E-state index in [1.165, 1.54) is 0 Å². The van der Waals surface area contributed by atoms with Crippen LogP contribution >= 0.6 is 0 Å². The van der Waals surface area contributed by atoms with Crippen LogP contribution in [-0.2, 0) is 14.2 Å². The normalized spacial score (nSPS) is 11.6. The molecule has 4 heteroatoms. The van der Waals surface area contributed by atoms with Crippen molar-refractivity contribution < 1.29 is 14.2 Å². The van der Waals surface area contributed by atoms with E-state index in [-0.39, 0.29) is 6.29 Å². The molecule has 1 N–H and O–H groups in total. The standard InChI is InChI=1S/C12H27NO3/c1-5-14-12(15-6-2)7-8-13-9-10-16-11(3)4/h11-13H,5-10H2,1-4H3. The smallest absolute Gasteiger partial charge is 0.158 e. The van der Waals surface area contributed by atoms with Crippen molar-refractivity contribution in [1.29, 1.82) is 0 Å². The van der Waals surface area contributed by atoms with Crippen molar-refractivity contribution in [2.75, 3.05) is 32.9 Å². The minimum Gasteiger partial charge on any atom is -0.377 e. The lowest BCUT2D eigenvalue weighted by Crippen LogP contribution is -2.27. The van der Waals surface area contributed by atoms with Gasteiger partial charge < -0.3 is 19.5 Å². The first-order chi connectivity index (χ1) is 7.70. The van der Waals surface area contributed by atoms with Crippen molar-refractivity contribution in [1.82, 2.24) is 5.32 Å². The minimum absolute atomic E-state index is 0.0754. The largest absolute Gasteiger partial charge is 0.377 e. The molecular weight excluding hydrogens is 206 g/mol. The SMILES string of the molecule is CCOC(CCNCCOC(C)C)OCC. The second kappa shape index (κ2) is 11.3. The Bertz CT molecular complexity index is 136. The maximum absolute atomic E-state index is 5.43. The summed E-state index contributed by atoms with van der Waals surface area (Å²) in [5, 5.41) is 3.30. The van der Waals surface area contributed by atoms with Crippen molar-refractivity contribution in [2.45, 2.75) is 46.5 Å². The lowest BCUT2D eigenvalue weighted by Gasteiger charge is -2.17. The van der Waals surface area contributed by atoms with Crippen LogP contribution in [0.5, 0.6) is 0 Å². The van der Waals surface area contributed by atoms with Crippen LogP contribution in [0.3, 0.4) is 0 Å². The van der Waals surface area contributed by atoms with Crippen LogP contribution in [0.15, 0.2) is 0 Å². The van der Waals surface area contributed by atoms with E-state index in [4.69, 9.17) is 14.2 Å². The number of hydrogen-bond donors (Lipinski definition) is 1. The maximum Gasteiger partial charge on any atom is 0.158 e. The predicted octanol–water partition coefficient (Wildman–Crippen LogP) is 1.79. The Morgan fingerprint density at radius 1 is 0.938 bits per heavy atom. The van der Waals surface area contributed by atoms with Gasteiger partial charge in [-0.15, -0.1) is 0 Å². The molecule has 0 aliphatic carbocycles. The van der Waals surface area contributed by atoms with E-state index in [0.29, 0.717) is 19.3 Å². The summed E-state index contributed by atoms with van der Waals surface area (Å²) in [6.07, 6.45) is 1.11. The number of rotatable bonds is 11. The lowest BCUT2D eigenvalue weighted by atomic mass is 10.4. The van der Waals surface area contributed by atoms with Gasteiger partial charge in [-0.3, -0.25) is 0 Å². The molecule has 0 aliphatic rings. The second-order valence-electron chi connectivity index (χ2n) is 3.80. The van der Waals surface area contributed by atoms with Crippen molar-refractivity contribution >= 4 is 0 Å². The molecule has 0 amide bonds. The molecule has 0 bridgehead atoms. The molecule has 0 fully saturated rings. The van der Waals surface area contributed by atoms with E-state index >= 15 is 0 Å². The third-order valence-electron chi connectivity index (χ3n) is 1.99. The first-order valence-corrected chi connectivity index (χ1v) is 6.26. The predicted molar refractivity (Wildman–Crippen MR) is 65.6 cm³/mol. The summed E-state index contributed by atoms with van der Waals surface area (Å²) in [6.45, 7) is 12.0. The summed E-state index contributed by atoms with van der Waals surface area (Å²) in [4.78, 5) is 0. The maximum atomic E-state index is 5.43. The summed E-state index contributed by atoms with van der Waals surface area (Å²) in [5.41, 5.74) is 0. The fourth-order valence-electron chi connectivity index (χ4n) is 1.30. The van der Waals surface area contributed by atoms with Gasteiger partial charge in [0.2, 0.25) is 0 Å². The molecule has 0 saturated heterocycles. The Hall–Kier alpha value is -0.160. The highest BCUT2D eigenvalue weighted by Gasteiger charge is 2.06. The molecular formula is C12H27NO3. The van der Waals surface area contributed by atoms with E-state index < -0.39 is 0 Å². The Morgan fingerprint density at radius 3 is 2.06 bits per heavy atom. The van der Waals surface area contributed by atoms with Gasteiger partial charge in [0.1, 0.15) is 0 Å². The molecule has 0 radical (unpaired) electrons. The number of nitrogens with one attached hydrogen (secondary N) is 1. The number of hydrogen-bond acceptors (Lipinski definition) is 4. The van der Waals surface area contributed by atoms with Crippen molar-refractivity contribution in [3.63, 3.8) is 0 Å². The average Bonchev–Trinajstić information content (AvgIpc) is 2.23. The first kappa shape index (κ1) is 15.8. The molecule has 0 spiro atoms. The molecule has 0 aromatic carbocycles. The lowest BCUT2D eigenvalue weighted by molar-refractivity contribution is -0.138. The first-order valence-electron chi connectivity index (χ1n) is 6.26. The Morgan fingerprint density at radius 2 is 1.56 bits per heavy atom. The molecule has 0 saturated carbocycles. The van der Waals surface area contributed by atoms with E-state index in [1.54, 1.807) is 0 Å². The summed E-state index contributed by atoms with van der Waals surface area (Å²) < 4.78 is 16.3. The van der Waals surface area contributed by atoms with Gasteiger partial charge in [-0.2, -0.15) is 0 Å². The fraction of sp³-hybridized carbons (Fsp3) is 1.00. The van der Waals surface area contributed by atoms with Gasteiger partial charge in [0, 0.05) is 32.7 Å². The highest BCUT2D eigenvalue weighted by Crippen LogP contribution is 1.99. The highest BCUT2D eigenvalue weighted by atomic mass is 16.7. The second-order valence-corrected chi connectivity index (χ2v) is 3.80. The summed E-state index contributed by atoms with van der Waals surface area (Å²) in [6, 6.07) is 0. The molecule has 0 aliphatic heterocycles. The quantitative estimate of drug-likeness (QED) is 0.436. The highest BCUT2D eigenvalue weighted by molar-refractivity contribution is 4.51. The molecule has 0 atom stereocenters. The Kier molecular flexibility index (Phi) is 11.2. The molecule has 0 rings (SSSR count). The van der Waals surface area contributed by atoms with Crippen molar-refractivity contribution in [2.24, 2.45) is 0 Å². The Labute approximate surface area is 99.6 Å². The van der Waals surface area contributed by atoms with Gasteiger partial charge >= 0.3 is 0 Å². The third kappa shape index (κ3) is 10.4. The van der Waals surface area contributed by atoms with Crippen LogP contribution in [0, 0.1) is 0 Å². The summed E-state index contributed by atoms with van der Waals surface area (Å²) >= 11 is 0. The van der Waals surface area contributed by atoms with Crippen LogP contribution in [-0.4, -0.2) is 45.3 Å². The molecule has 16 heavy (non-hydrogen) atoms. The third-order valence-corrected chi connectivity index (χ3v) is 1.99. The molecule has 0 heterocycles. The van der Waals surface area contributed by atoms with Gasteiger partial charge in [-0.25, -0.2) is 0 Å². The monoisotopic (exact) mass is 233 g/mol. The summed E-state index contributed by atoms with van der Waals surface area (Å²) in [5.74, 6) is 0. The van der Waals surface area contributed by atoms with Crippen LogP contribution < -0.4 is 5.32 Å². The van der Waals surface area contributed by atoms with Crippen LogP contribution in [0.4, 0.5) is 0 Å². The van der Waals surface area contributed by atoms with Gasteiger partial charge in [-0.05, 0) is 27.7 Å². The average molecular weight is 233 g/mol. The molecule has 0 aromatic rings. The van der Waals surface area contributed by atoms with Gasteiger partial charge in [-0.1, -0.05) is 0 Å². The molecule has 0 unspecified atom stereocenters. The zero-order valence-electron chi connectivity index (χ0n) is 11.1. The van der Waals surface area contributed by atoms with Crippen LogP contribution in [0.2, 0.25) is 0 Å². The summed E-state index contributed by atoms with van der Waals surface area (Å²) in [7, 11) is 0. The van der Waals surface area contributed by atoms with Gasteiger partial charge in [0.25, 0.3) is 0 Å². The zero-order valence-corrected chi connectivity index (χ0v) is 11.1. The molecule has 0 aromatic heterocycles.